The number of carbonyl (C=O) groups is 2. The standard InChI is InChI=1S/C20H19N3O3/c24-19(22-17-8-1-7-16-15(17)6-2-10-21-16)14-5-3-11-23(13-14)20(25)18-9-4-12-26-18/h1-2,4,6-10,12,14H,3,5,11,13H2,(H,22,24). The number of carbonyl (C=O) groups excluding carboxylic acids is 2. The molecule has 6 nitrogen and oxygen atoms in total. The molecular weight excluding hydrogens is 330 g/mol. The van der Waals surface area contributed by atoms with Crippen molar-refractivity contribution in [3.05, 3.63) is 60.7 Å². The first-order valence-electron chi connectivity index (χ1n) is 8.70. The predicted molar refractivity (Wildman–Crippen MR) is 97.7 cm³/mol. The SMILES string of the molecule is O=C(Nc1cccc2ncccc12)C1CCCN(C(=O)c2ccco2)C1. The molecule has 1 atom stereocenters. The maximum Gasteiger partial charge on any atom is 0.289 e. The Hall–Kier alpha value is -3.15. The number of benzene rings is 1. The summed E-state index contributed by atoms with van der Waals surface area (Å²) in [5, 5.41) is 3.91. The van der Waals surface area contributed by atoms with Crippen molar-refractivity contribution in [2.45, 2.75) is 12.8 Å². The highest BCUT2D eigenvalue weighted by atomic mass is 16.3. The second-order valence-electron chi connectivity index (χ2n) is 6.43. The molecule has 3 aromatic rings. The van der Waals surface area contributed by atoms with E-state index in [2.05, 4.69) is 10.3 Å². The van der Waals surface area contributed by atoms with Gasteiger partial charge in [-0.3, -0.25) is 14.6 Å². The van der Waals surface area contributed by atoms with Crippen LogP contribution in [-0.2, 0) is 4.79 Å². The molecule has 26 heavy (non-hydrogen) atoms. The van der Waals surface area contributed by atoms with Crippen LogP contribution in [0.25, 0.3) is 10.9 Å². The minimum atomic E-state index is -0.241. The lowest BCUT2D eigenvalue weighted by Gasteiger charge is -2.31. The minimum absolute atomic E-state index is 0.0710. The number of piperidine rings is 1. The van der Waals surface area contributed by atoms with Crippen LogP contribution in [0.3, 0.4) is 0 Å². The van der Waals surface area contributed by atoms with Crippen LogP contribution in [0.1, 0.15) is 23.4 Å². The molecule has 2 aromatic heterocycles. The van der Waals surface area contributed by atoms with Gasteiger partial charge in [0.25, 0.3) is 5.91 Å². The zero-order chi connectivity index (χ0) is 17.9. The van der Waals surface area contributed by atoms with Crippen LogP contribution < -0.4 is 5.32 Å². The molecule has 132 valence electrons. The Kier molecular flexibility index (Phi) is 4.39. The lowest BCUT2D eigenvalue weighted by atomic mass is 9.96. The summed E-state index contributed by atoms with van der Waals surface area (Å²) in [6.45, 7) is 1.04. The quantitative estimate of drug-likeness (QED) is 0.787. The molecule has 4 rings (SSSR count). The summed E-state index contributed by atoms with van der Waals surface area (Å²) in [6, 6.07) is 12.8. The van der Waals surface area contributed by atoms with Gasteiger partial charge in [-0.25, -0.2) is 0 Å². The molecule has 0 spiro atoms. The fourth-order valence-electron chi connectivity index (χ4n) is 3.38. The van der Waals surface area contributed by atoms with Gasteiger partial charge < -0.3 is 14.6 Å². The van der Waals surface area contributed by atoms with Crippen molar-refractivity contribution >= 4 is 28.4 Å². The maximum absolute atomic E-state index is 12.8. The summed E-state index contributed by atoms with van der Waals surface area (Å²) in [6.07, 6.45) is 4.77. The van der Waals surface area contributed by atoms with Crippen molar-refractivity contribution < 1.29 is 14.0 Å². The first kappa shape index (κ1) is 16.3. The Morgan fingerprint density at radius 1 is 1.15 bits per heavy atom. The zero-order valence-electron chi connectivity index (χ0n) is 14.2. The van der Waals surface area contributed by atoms with Gasteiger partial charge in [0.1, 0.15) is 0 Å². The number of nitrogens with zero attached hydrogens (tertiary/aromatic N) is 2. The molecule has 1 unspecified atom stereocenters. The number of rotatable bonds is 3. The Balaban J connectivity index is 1.48. The van der Waals surface area contributed by atoms with Crippen molar-refractivity contribution in [3.8, 4) is 0 Å². The number of furan rings is 1. The number of pyridine rings is 1. The third-order valence-electron chi connectivity index (χ3n) is 4.71. The second kappa shape index (κ2) is 7.00. The van der Waals surface area contributed by atoms with Crippen molar-refractivity contribution in [2.75, 3.05) is 18.4 Å². The molecule has 0 radical (unpaired) electrons. The Labute approximate surface area is 150 Å². The van der Waals surface area contributed by atoms with Crippen LogP contribution >= 0.6 is 0 Å². The number of amides is 2. The summed E-state index contributed by atoms with van der Waals surface area (Å²) in [4.78, 5) is 31.2. The van der Waals surface area contributed by atoms with E-state index in [-0.39, 0.29) is 17.7 Å². The average molecular weight is 349 g/mol. The maximum atomic E-state index is 12.8. The zero-order valence-corrected chi connectivity index (χ0v) is 14.2. The van der Waals surface area contributed by atoms with Gasteiger partial charge in [0.05, 0.1) is 23.4 Å². The normalized spacial score (nSPS) is 17.2. The molecule has 1 aromatic carbocycles. The van der Waals surface area contributed by atoms with Crippen molar-refractivity contribution in [1.82, 2.24) is 9.88 Å². The Morgan fingerprint density at radius 2 is 2.08 bits per heavy atom. The van der Waals surface area contributed by atoms with Gasteiger partial charge >= 0.3 is 0 Å². The first-order chi connectivity index (χ1) is 12.7. The molecule has 1 saturated heterocycles. The molecular formula is C20H19N3O3. The minimum Gasteiger partial charge on any atom is -0.459 e. The third kappa shape index (κ3) is 3.18. The highest BCUT2D eigenvalue weighted by Gasteiger charge is 2.30. The van der Waals surface area contributed by atoms with Gasteiger partial charge in [-0.05, 0) is 49.2 Å². The van der Waals surface area contributed by atoms with E-state index in [1.165, 1.54) is 6.26 Å². The lowest BCUT2D eigenvalue weighted by molar-refractivity contribution is -0.121. The molecule has 0 aliphatic carbocycles. The van der Waals surface area contributed by atoms with E-state index in [1.807, 2.05) is 30.3 Å². The summed E-state index contributed by atoms with van der Waals surface area (Å²) in [5.74, 6) is -0.166. The summed E-state index contributed by atoms with van der Waals surface area (Å²) in [7, 11) is 0. The molecule has 1 aliphatic heterocycles. The van der Waals surface area contributed by atoms with Crippen molar-refractivity contribution in [2.24, 2.45) is 5.92 Å². The predicted octanol–water partition coefficient (Wildman–Crippen LogP) is 3.32. The van der Waals surface area contributed by atoms with Gasteiger partial charge in [0.15, 0.2) is 5.76 Å². The molecule has 1 fully saturated rings. The van der Waals surface area contributed by atoms with E-state index >= 15 is 0 Å². The van der Waals surface area contributed by atoms with Crippen molar-refractivity contribution in [3.63, 3.8) is 0 Å². The molecule has 6 heteroatoms. The average Bonchev–Trinajstić information content (AvgIpc) is 3.22. The number of likely N-dealkylation sites (tertiary alicyclic amines) is 1. The van der Waals surface area contributed by atoms with E-state index < -0.39 is 0 Å². The van der Waals surface area contributed by atoms with Gasteiger partial charge in [-0.2, -0.15) is 0 Å². The molecule has 1 aliphatic rings. The number of anilines is 1. The molecule has 0 saturated carbocycles. The number of fused-ring (bicyclic) bond motifs is 1. The van der Waals surface area contributed by atoms with Gasteiger partial charge in [-0.15, -0.1) is 0 Å². The van der Waals surface area contributed by atoms with E-state index in [9.17, 15) is 9.59 Å². The van der Waals surface area contributed by atoms with Gasteiger partial charge in [0.2, 0.25) is 5.91 Å². The Bertz CT molecular complexity index is 931. The van der Waals surface area contributed by atoms with E-state index in [0.717, 1.165) is 29.4 Å². The van der Waals surface area contributed by atoms with E-state index in [4.69, 9.17) is 4.42 Å². The van der Waals surface area contributed by atoms with Crippen LogP contribution in [0.5, 0.6) is 0 Å². The molecule has 1 N–H and O–H groups in total. The van der Waals surface area contributed by atoms with Crippen LogP contribution in [0.4, 0.5) is 5.69 Å². The number of hydrogen-bond donors (Lipinski definition) is 1. The fraction of sp³-hybridized carbons (Fsp3) is 0.250. The number of hydrogen-bond acceptors (Lipinski definition) is 4. The van der Waals surface area contributed by atoms with Gasteiger partial charge in [0, 0.05) is 24.7 Å². The molecule has 3 heterocycles. The highest BCUT2D eigenvalue weighted by molar-refractivity contribution is 6.02. The lowest BCUT2D eigenvalue weighted by Crippen LogP contribution is -2.43. The largest absolute Gasteiger partial charge is 0.459 e. The van der Waals surface area contributed by atoms with Crippen molar-refractivity contribution in [1.29, 1.82) is 0 Å². The Morgan fingerprint density at radius 3 is 2.92 bits per heavy atom. The van der Waals surface area contributed by atoms with Crippen LogP contribution in [0.2, 0.25) is 0 Å². The van der Waals surface area contributed by atoms with Gasteiger partial charge in [-0.1, -0.05) is 6.07 Å². The third-order valence-corrected chi connectivity index (χ3v) is 4.71. The topological polar surface area (TPSA) is 75.4 Å². The number of aromatic nitrogens is 1. The smallest absolute Gasteiger partial charge is 0.289 e. The van der Waals surface area contributed by atoms with E-state index in [0.29, 0.717) is 18.8 Å². The summed E-state index contributed by atoms with van der Waals surface area (Å²) >= 11 is 0. The van der Waals surface area contributed by atoms with E-state index in [1.54, 1.807) is 23.2 Å². The fourth-order valence-corrected chi connectivity index (χ4v) is 3.38. The van der Waals surface area contributed by atoms with Crippen LogP contribution in [0.15, 0.2) is 59.3 Å². The van der Waals surface area contributed by atoms with Crippen LogP contribution in [-0.4, -0.2) is 34.8 Å². The molecule has 2 amide bonds. The summed E-state index contributed by atoms with van der Waals surface area (Å²) < 4.78 is 5.19. The summed E-state index contributed by atoms with van der Waals surface area (Å²) in [5.41, 5.74) is 1.58. The highest BCUT2D eigenvalue weighted by Crippen LogP contribution is 2.24. The first-order valence-corrected chi connectivity index (χ1v) is 8.70. The monoisotopic (exact) mass is 349 g/mol. The molecule has 0 bridgehead atoms. The van der Waals surface area contributed by atoms with Crippen LogP contribution in [0, 0.1) is 5.92 Å². The number of nitrogens with one attached hydrogen (secondary N) is 1. The second-order valence-corrected chi connectivity index (χ2v) is 6.43.